The molecule has 0 radical (unpaired) electrons. The van der Waals surface area contributed by atoms with Crippen molar-refractivity contribution in [2.24, 2.45) is 0 Å². The fourth-order valence-corrected chi connectivity index (χ4v) is 3.93. The lowest BCUT2D eigenvalue weighted by atomic mass is 10.0. The van der Waals surface area contributed by atoms with E-state index in [0.717, 1.165) is 75.5 Å². The van der Waals surface area contributed by atoms with E-state index in [4.69, 9.17) is 0 Å². The molecular weight excluding hydrogens is 331 g/mol. The molecule has 0 N–H and O–H groups in total. The van der Waals surface area contributed by atoms with Crippen LogP contribution in [0.2, 0.25) is 0 Å². The molecule has 3 heterocycles. The predicted molar refractivity (Wildman–Crippen MR) is 99.2 cm³/mol. The van der Waals surface area contributed by atoms with E-state index in [-0.39, 0.29) is 11.6 Å². The SMILES string of the molecule is O=C(CCN1CCN(c2ccc(F)cc2)CC1)c1cnn2c1CCCC2. The minimum Gasteiger partial charge on any atom is -0.369 e. The maximum Gasteiger partial charge on any atom is 0.167 e. The van der Waals surface area contributed by atoms with Crippen molar-refractivity contribution >= 4 is 11.5 Å². The number of halogens is 1. The van der Waals surface area contributed by atoms with Gasteiger partial charge in [-0.05, 0) is 43.5 Å². The highest BCUT2D eigenvalue weighted by atomic mass is 19.1. The first-order chi connectivity index (χ1) is 12.7. The summed E-state index contributed by atoms with van der Waals surface area (Å²) in [6.45, 7) is 5.40. The topological polar surface area (TPSA) is 41.4 Å². The first kappa shape index (κ1) is 17.2. The van der Waals surface area contributed by atoms with Crippen molar-refractivity contribution in [2.75, 3.05) is 37.6 Å². The minimum atomic E-state index is -0.201. The zero-order valence-corrected chi connectivity index (χ0v) is 15.0. The smallest absolute Gasteiger partial charge is 0.167 e. The normalized spacial score (nSPS) is 18.0. The van der Waals surface area contributed by atoms with Gasteiger partial charge < -0.3 is 4.90 Å². The number of aromatic nitrogens is 2. The highest BCUT2D eigenvalue weighted by molar-refractivity contribution is 5.97. The van der Waals surface area contributed by atoms with Gasteiger partial charge in [-0.15, -0.1) is 0 Å². The molecule has 1 aromatic carbocycles. The average Bonchev–Trinajstić information content (AvgIpc) is 3.11. The number of fused-ring (bicyclic) bond motifs is 1. The molecular formula is C20H25FN4O. The summed E-state index contributed by atoms with van der Waals surface area (Å²) in [6.07, 6.45) is 5.58. The highest BCUT2D eigenvalue weighted by Crippen LogP contribution is 2.20. The molecule has 6 heteroatoms. The van der Waals surface area contributed by atoms with Gasteiger partial charge in [0.2, 0.25) is 0 Å². The molecule has 2 aliphatic heterocycles. The number of carbonyl (C=O) groups excluding carboxylic acids is 1. The van der Waals surface area contributed by atoms with Crippen molar-refractivity contribution in [2.45, 2.75) is 32.2 Å². The van der Waals surface area contributed by atoms with Crippen molar-refractivity contribution < 1.29 is 9.18 Å². The molecule has 0 unspecified atom stereocenters. The Hall–Kier alpha value is -2.21. The summed E-state index contributed by atoms with van der Waals surface area (Å²) < 4.78 is 15.0. The number of carbonyl (C=O) groups is 1. The summed E-state index contributed by atoms with van der Waals surface area (Å²) in [5, 5.41) is 4.37. The van der Waals surface area contributed by atoms with Crippen molar-refractivity contribution in [3.8, 4) is 0 Å². The van der Waals surface area contributed by atoms with E-state index in [1.807, 2.05) is 16.8 Å². The zero-order valence-electron chi connectivity index (χ0n) is 15.0. The van der Waals surface area contributed by atoms with Gasteiger partial charge in [0.25, 0.3) is 0 Å². The molecule has 4 rings (SSSR count). The molecule has 0 bridgehead atoms. The van der Waals surface area contributed by atoms with Gasteiger partial charge in [0.05, 0.1) is 11.8 Å². The van der Waals surface area contributed by atoms with Crippen LogP contribution in [0.5, 0.6) is 0 Å². The van der Waals surface area contributed by atoms with Gasteiger partial charge in [0.1, 0.15) is 5.82 Å². The van der Waals surface area contributed by atoms with Gasteiger partial charge in [0.15, 0.2) is 5.78 Å². The molecule has 138 valence electrons. The van der Waals surface area contributed by atoms with Gasteiger partial charge in [-0.1, -0.05) is 0 Å². The van der Waals surface area contributed by atoms with E-state index in [2.05, 4.69) is 14.9 Å². The van der Waals surface area contributed by atoms with E-state index in [1.54, 1.807) is 6.20 Å². The Bertz CT molecular complexity index is 763. The standard InChI is InChI=1S/C20H25FN4O/c21-16-4-6-17(7-5-16)24-13-11-23(12-14-24)10-8-20(26)18-15-22-25-9-2-1-3-19(18)25/h4-7,15H,1-3,8-14H2. The van der Waals surface area contributed by atoms with E-state index in [9.17, 15) is 9.18 Å². The lowest BCUT2D eigenvalue weighted by Crippen LogP contribution is -2.46. The Morgan fingerprint density at radius 3 is 2.58 bits per heavy atom. The van der Waals surface area contributed by atoms with Crippen LogP contribution in [-0.4, -0.2) is 53.2 Å². The molecule has 1 aromatic heterocycles. The number of rotatable bonds is 5. The molecule has 0 atom stereocenters. The number of anilines is 1. The molecule has 1 fully saturated rings. The lowest BCUT2D eigenvalue weighted by molar-refractivity contribution is 0.0961. The van der Waals surface area contributed by atoms with Crippen LogP contribution in [-0.2, 0) is 13.0 Å². The second-order valence-corrected chi connectivity index (χ2v) is 7.16. The van der Waals surface area contributed by atoms with E-state index >= 15 is 0 Å². The van der Waals surface area contributed by atoms with Crippen LogP contribution in [0.4, 0.5) is 10.1 Å². The average molecular weight is 356 g/mol. The Balaban J connectivity index is 1.28. The number of aryl methyl sites for hydroxylation is 1. The summed E-state index contributed by atoms with van der Waals surface area (Å²) in [5.74, 6) is 0.0161. The van der Waals surface area contributed by atoms with E-state index in [1.165, 1.54) is 12.1 Å². The van der Waals surface area contributed by atoms with Gasteiger partial charge in [0, 0.05) is 57.1 Å². The van der Waals surface area contributed by atoms with Crippen LogP contribution in [0, 0.1) is 5.82 Å². The molecule has 26 heavy (non-hydrogen) atoms. The Morgan fingerprint density at radius 2 is 1.81 bits per heavy atom. The molecule has 0 amide bonds. The predicted octanol–water partition coefficient (Wildman–Crippen LogP) is 2.75. The number of Topliss-reactive ketones (excluding diaryl/α,β-unsaturated/α-hetero) is 1. The maximum atomic E-state index is 13.0. The van der Waals surface area contributed by atoms with Crippen molar-refractivity contribution in [3.63, 3.8) is 0 Å². The van der Waals surface area contributed by atoms with Gasteiger partial charge in [-0.2, -0.15) is 5.10 Å². The third kappa shape index (κ3) is 3.65. The van der Waals surface area contributed by atoms with Crippen LogP contribution in [0.25, 0.3) is 0 Å². The maximum absolute atomic E-state index is 13.0. The second kappa shape index (κ2) is 7.58. The summed E-state index contributed by atoms with van der Waals surface area (Å²) in [6, 6.07) is 6.68. The monoisotopic (exact) mass is 356 g/mol. The number of hydrogen-bond acceptors (Lipinski definition) is 4. The number of nitrogens with zero attached hydrogens (tertiary/aromatic N) is 4. The summed E-state index contributed by atoms with van der Waals surface area (Å²) in [7, 11) is 0. The van der Waals surface area contributed by atoms with Crippen LogP contribution in [0.1, 0.15) is 35.3 Å². The molecule has 5 nitrogen and oxygen atoms in total. The second-order valence-electron chi connectivity index (χ2n) is 7.16. The Morgan fingerprint density at radius 1 is 1.04 bits per heavy atom. The number of benzene rings is 1. The van der Waals surface area contributed by atoms with Crippen molar-refractivity contribution in [1.82, 2.24) is 14.7 Å². The molecule has 2 aliphatic rings. The summed E-state index contributed by atoms with van der Waals surface area (Å²) in [4.78, 5) is 17.2. The Kier molecular flexibility index (Phi) is 5.02. The fraction of sp³-hybridized carbons (Fsp3) is 0.500. The lowest BCUT2D eigenvalue weighted by Gasteiger charge is -2.36. The van der Waals surface area contributed by atoms with Crippen LogP contribution in [0.3, 0.4) is 0 Å². The van der Waals surface area contributed by atoms with Crippen LogP contribution < -0.4 is 4.90 Å². The fourth-order valence-electron chi connectivity index (χ4n) is 3.93. The third-order valence-electron chi connectivity index (χ3n) is 5.50. The summed E-state index contributed by atoms with van der Waals surface area (Å²) in [5.41, 5.74) is 3.02. The quantitative estimate of drug-likeness (QED) is 0.773. The highest BCUT2D eigenvalue weighted by Gasteiger charge is 2.22. The largest absolute Gasteiger partial charge is 0.369 e. The zero-order chi connectivity index (χ0) is 17.9. The third-order valence-corrected chi connectivity index (χ3v) is 5.50. The number of piperazine rings is 1. The molecule has 0 saturated carbocycles. The van der Waals surface area contributed by atoms with Gasteiger partial charge in [-0.3, -0.25) is 14.4 Å². The number of ketones is 1. The Labute approximate surface area is 153 Å². The molecule has 2 aromatic rings. The molecule has 1 saturated heterocycles. The first-order valence-corrected chi connectivity index (χ1v) is 9.51. The summed E-state index contributed by atoms with van der Waals surface area (Å²) >= 11 is 0. The molecule has 0 spiro atoms. The first-order valence-electron chi connectivity index (χ1n) is 9.51. The van der Waals surface area contributed by atoms with E-state index in [0.29, 0.717) is 6.42 Å². The molecule has 0 aliphatic carbocycles. The van der Waals surface area contributed by atoms with Gasteiger partial charge >= 0.3 is 0 Å². The van der Waals surface area contributed by atoms with Gasteiger partial charge in [-0.25, -0.2) is 4.39 Å². The minimum absolute atomic E-state index is 0.201. The van der Waals surface area contributed by atoms with Crippen LogP contribution >= 0.6 is 0 Å². The van der Waals surface area contributed by atoms with E-state index < -0.39 is 0 Å². The van der Waals surface area contributed by atoms with Crippen LogP contribution in [0.15, 0.2) is 30.5 Å². The van der Waals surface area contributed by atoms with Crippen molar-refractivity contribution in [3.05, 3.63) is 47.5 Å². The van der Waals surface area contributed by atoms with Crippen molar-refractivity contribution in [1.29, 1.82) is 0 Å². The number of hydrogen-bond donors (Lipinski definition) is 0.